The van der Waals surface area contributed by atoms with Crippen LogP contribution >= 0.6 is 11.6 Å². The zero-order chi connectivity index (χ0) is 21.3. The molecule has 0 bridgehead atoms. The molecule has 2 N–H and O–H groups in total. The lowest BCUT2D eigenvalue weighted by Gasteiger charge is -2.42. The Morgan fingerprint density at radius 1 is 1.21 bits per heavy atom. The quantitative estimate of drug-likeness (QED) is 0.560. The van der Waals surface area contributed by atoms with E-state index in [-0.39, 0.29) is 30.3 Å². The number of nitrogens with one attached hydrogen (secondary N) is 2. The van der Waals surface area contributed by atoms with Gasteiger partial charge in [-0.3, -0.25) is 20.6 Å². The number of carbonyl (C=O) groups is 1. The molecule has 1 aliphatic heterocycles. The molecule has 1 unspecified atom stereocenters. The van der Waals surface area contributed by atoms with Crippen molar-refractivity contribution in [1.82, 2.24) is 14.8 Å². The van der Waals surface area contributed by atoms with Crippen molar-refractivity contribution >= 4 is 29.2 Å². The topological polar surface area (TPSA) is 84.1 Å². The first-order chi connectivity index (χ1) is 13.6. The lowest BCUT2D eigenvalue weighted by atomic mass is 10.0. The number of amidine groups is 2. The Kier molecular flexibility index (Phi) is 5.61. The molecule has 10 heteroatoms. The molecule has 1 atom stereocenters. The fourth-order valence-corrected chi connectivity index (χ4v) is 3.54. The number of amides is 1. The number of benzene rings is 1. The zero-order valence-corrected chi connectivity index (χ0v) is 16.1. The van der Waals surface area contributed by atoms with Gasteiger partial charge in [0.25, 0.3) is 5.91 Å². The van der Waals surface area contributed by atoms with Crippen molar-refractivity contribution < 1.29 is 18.0 Å². The van der Waals surface area contributed by atoms with E-state index in [1.165, 1.54) is 29.0 Å². The summed E-state index contributed by atoms with van der Waals surface area (Å²) in [4.78, 5) is 20.1. The number of hydrogen-bond donors (Lipinski definition) is 2. The molecule has 1 aliphatic rings. The summed E-state index contributed by atoms with van der Waals surface area (Å²) in [6.45, 7) is 1.77. The van der Waals surface area contributed by atoms with Gasteiger partial charge in [-0.15, -0.1) is 0 Å². The van der Waals surface area contributed by atoms with Crippen LogP contribution in [-0.4, -0.2) is 45.5 Å². The molecule has 3 rings (SSSR count). The standard InChI is InChI=1S/C19H17ClF3N5O/c1-11(24)27-9-10-28(16(17(27)25)14-7-2-3-8-26-14)18(29)12-5-4-6-13(15(12)20)19(21,22)23/h2-8,16,24-25H,9-10H2,1H3. The van der Waals surface area contributed by atoms with Crippen LogP contribution in [0.15, 0.2) is 42.6 Å². The fourth-order valence-electron chi connectivity index (χ4n) is 3.23. The highest BCUT2D eigenvalue weighted by atomic mass is 35.5. The van der Waals surface area contributed by atoms with Gasteiger partial charge in [-0.05, 0) is 31.2 Å². The van der Waals surface area contributed by atoms with Crippen LogP contribution in [0.4, 0.5) is 13.2 Å². The van der Waals surface area contributed by atoms with Crippen LogP contribution in [-0.2, 0) is 6.18 Å². The Labute approximate surface area is 169 Å². The van der Waals surface area contributed by atoms with Gasteiger partial charge in [-0.1, -0.05) is 23.7 Å². The van der Waals surface area contributed by atoms with Crippen molar-refractivity contribution in [3.05, 3.63) is 64.4 Å². The second-order valence-electron chi connectivity index (χ2n) is 6.44. The first-order valence-corrected chi connectivity index (χ1v) is 8.99. The van der Waals surface area contributed by atoms with Gasteiger partial charge in [-0.25, -0.2) is 0 Å². The normalized spacial score (nSPS) is 17.4. The van der Waals surface area contributed by atoms with Gasteiger partial charge in [-0.2, -0.15) is 13.2 Å². The minimum atomic E-state index is -4.70. The first-order valence-electron chi connectivity index (χ1n) is 8.61. The van der Waals surface area contributed by atoms with E-state index in [0.717, 1.165) is 12.1 Å². The average Bonchev–Trinajstić information content (AvgIpc) is 2.66. The van der Waals surface area contributed by atoms with Crippen molar-refractivity contribution in [2.24, 2.45) is 0 Å². The number of pyridine rings is 1. The predicted octanol–water partition coefficient (Wildman–Crippen LogP) is 4.23. The molecule has 1 fully saturated rings. The van der Waals surface area contributed by atoms with Crippen LogP contribution in [0.3, 0.4) is 0 Å². The van der Waals surface area contributed by atoms with Gasteiger partial charge in [0.05, 0.1) is 27.7 Å². The van der Waals surface area contributed by atoms with Crippen molar-refractivity contribution in [3.8, 4) is 0 Å². The number of rotatable bonds is 2. The average molecular weight is 424 g/mol. The van der Waals surface area contributed by atoms with Crippen LogP contribution in [0.2, 0.25) is 5.02 Å². The van der Waals surface area contributed by atoms with E-state index >= 15 is 0 Å². The molecule has 0 aliphatic carbocycles. The van der Waals surface area contributed by atoms with Crippen LogP contribution < -0.4 is 0 Å². The van der Waals surface area contributed by atoms with E-state index in [1.807, 2.05) is 0 Å². The molecular weight excluding hydrogens is 407 g/mol. The van der Waals surface area contributed by atoms with Crippen molar-refractivity contribution in [3.63, 3.8) is 0 Å². The van der Waals surface area contributed by atoms with Gasteiger partial charge < -0.3 is 9.80 Å². The van der Waals surface area contributed by atoms with Gasteiger partial charge in [0, 0.05) is 19.3 Å². The molecule has 0 radical (unpaired) electrons. The minimum absolute atomic E-state index is 0.0566. The number of halogens is 4. The van der Waals surface area contributed by atoms with Crippen LogP contribution in [0, 0.1) is 10.8 Å². The molecule has 2 heterocycles. The van der Waals surface area contributed by atoms with Crippen molar-refractivity contribution in [1.29, 1.82) is 10.8 Å². The summed E-state index contributed by atoms with van der Waals surface area (Å²) in [6.07, 6.45) is -3.20. The van der Waals surface area contributed by atoms with Crippen molar-refractivity contribution in [2.75, 3.05) is 13.1 Å². The van der Waals surface area contributed by atoms with E-state index in [9.17, 15) is 18.0 Å². The number of piperazine rings is 1. The summed E-state index contributed by atoms with van der Waals surface area (Å²) >= 11 is 5.94. The molecular formula is C19H17ClF3N5O. The molecule has 1 saturated heterocycles. The number of carbonyl (C=O) groups excluding carboxylic acids is 1. The van der Waals surface area contributed by atoms with E-state index in [1.54, 1.807) is 18.2 Å². The molecule has 0 spiro atoms. The molecule has 6 nitrogen and oxygen atoms in total. The largest absolute Gasteiger partial charge is 0.417 e. The zero-order valence-electron chi connectivity index (χ0n) is 15.3. The molecule has 0 saturated carbocycles. The summed E-state index contributed by atoms with van der Waals surface area (Å²) in [5.74, 6) is -0.664. The van der Waals surface area contributed by atoms with Gasteiger partial charge >= 0.3 is 6.18 Å². The molecule has 29 heavy (non-hydrogen) atoms. The third kappa shape index (κ3) is 3.95. The highest BCUT2D eigenvalue weighted by Crippen LogP contribution is 2.37. The maximum Gasteiger partial charge on any atom is 0.417 e. The van der Waals surface area contributed by atoms with Crippen molar-refractivity contribution in [2.45, 2.75) is 19.1 Å². The molecule has 2 aromatic rings. The molecule has 1 aromatic heterocycles. The predicted molar refractivity (Wildman–Crippen MR) is 102 cm³/mol. The third-order valence-electron chi connectivity index (χ3n) is 4.59. The van der Waals surface area contributed by atoms with Gasteiger partial charge in [0.15, 0.2) is 0 Å². The Hall–Kier alpha value is -2.94. The number of alkyl halides is 3. The van der Waals surface area contributed by atoms with Gasteiger partial charge in [0.1, 0.15) is 11.9 Å². The minimum Gasteiger partial charge on any atom is -0.321 e. The SMILES string of the molecule is CC(=N)N1CCN(C(=O)c2cccc(C(F)(F)F)c2Cl)C(c2ccccn2)C1=N. The molecule has 1 amide bonds. The highest BCUT2D eigenvalue weighted by molar-refractivity contribution is 6.34. The molecule has 152 valence electrons. The monoisotopic (exact) mass is 423 g/mol. The van der Waals surface area contributed by atoms with Gasteiger partial charge in [0.2, 0.25) is 0 Å². The Bertz CT molecular complexity index is 964. The lowest BCUT2D eigenvalue weighted by Crippen LogP contribution is -2.55. The number of aromatic nitrogens is 1. The van der Waals surface area contributed by atoms with E-state index < -0.39 is 28.7 Å². The smallest absolute Gasteiger partial charge is 0.321 e. The summed E-state index contributed by atoms with van der Waals surface area (Å²) in [6, 6.07) is 7.19. The van der Waals surface area contributed by atoms with E-state index in [2.05, 4.69) is 4.98 Å². The lowest BCUT2D eigenvalue weighted by molar-refractivity contribution is -0.137. The Morgan fingerprint density at radius 2 is 1.93 bits per heavy atom. The fraction of sp³-hybridized carbons (Fsp3) is 0.263. The Morgan fingerprint density at radius 3 is 2.52 bits per heavy atom. The Balaban J connectivity index is 2.06. The second-order valence-corrected chi connectivity index (χ2v) is 6.82. The summed E-state index contributed by atoms with van der Waals surface area (Å²) in [5, 5.41) is 15.7. The summed E-state index contributed by atoms with van der Waals surface area (Å²) in [5.41, 5.74) is -1.02. The van der Waals surface area contributed by atoms with E-state index in [0.29, 0.717) is 5.69 Å². The molecule has 1 aromatic carbocycles. The third-order valence-corrected chi connectivity index (χ3v) is 5.00. The second kappa shape index (κ2) is 7.82. The number of hydrogen-bond acceptors (Lipinski definition) is 4. The van der Waals surface area contributed by atoms with E-state index in [4.69, 9.17) is 22.4 Å². The van der Waals surface area contributed by atoms with Crippen LogP contribution in [0.1, 0.15) is 34.6 Å². The summed E-state index contributed by atoms with van der Waals surface area (Å²) in [7, 11) is 0. The highest BCUT2D eigenvalue weighted by Gasteiger charge is 2.40. The van der Waals surface area contributed by atoms with Crippen LogP contribution in [0.5, 0.6) is 0 Å². The maximum absolute atomic E-state index is 13.2. The first kappa shape index (κ1) is 20.8. The van der Waals surface area contributed by atoms with Crippen LogP contribution in [0.25, 0.3) is 0 Å². The summed E-state index contributed by atoms with van der Waals surface area (Å²) < 4.78 is 39.6. The number of nitrogens with zero attached hydrogens (tertiary/aromatic N) is 3. The maximum atomic E-state index is 13.2.